The van der Waals surface area contributed by atoms with Crippen LogP contribution in [0, 0.1) is 0 Å². The van der Waals surface area contributed by atoms with Crippen molar-refractivity contribution in [1.82, 2.24) is 9.29 Å². The maximum atomic E-state index is 12.6. The van der Waals surface area contributed by atoms with E-state index in [4.69, 9.17) is 0 Å². The lowest BCUT2D eigenvalue weighted by molar-refractivity contribution is -0.115. The van der Waals surface area contributed by atoms with Crippen LogP contribution < -0.4 is 10.2 Å². The largest absolute Gasteiger partial charge is 0.376 e. The first-order valence-corrected chi connectivity index (χ1v) is 12.0. The van der Waals surface area contributed by atoms with Crippen LogP contribution in [0.5, 0.6) is 0 Å². The van der Waals surface area contributed by atoms with Crippen molar-refractivity contribution in [2.45, 2.75) is 11.3 Å². The molecule has 0 aliphatic rings. The highest BCUT2D eigenvalue weighted by molar-refractivity contribution is 7.89. The minimum absolute atomic E-state index is 0.109. The van der Waals surface area contributed by atoms with Crippen molar-refractivity contribution in [2.75, 3.05) is 38.4 Å². The summed E-state index contributed by atoms with van der Waals surface area (Å²) in [6.07, 6.45) is 0.109. The third-order valence-corrected chi connectivity index (χ3v) is 7.60. The fourth-order valence-electron chi connectivity index (χ4n) is 2.64. The molecule has 1 N–H and O–H groups in total. The van der Waals surface area contributed by atoms with E-state index < -0.39 is 10.0 Å². The molecule has 0 atom stereocenters. The Kier molecular flexibility index (Phi) is 6.37. The number of thiophene rings is 1. The normalized spacial score (nSPS) is 11.6. The molecule has 29 heavy (non-hydrogen) atoms. The van der Waals surface area contributed by atoms with Crippen LogP contribution >= 0.6 is 22.7 Å². The summed E-state index contributed by atoms with van der Waals surface area (Å²) in [6, 6.07) is 6.70. The van der Waals surface area contributed by atoms with Crippen LogP contribution in [0.2, 0.25) is 0 Å². The number of carbonyl (C=O) groups excluding carboxylic acids is 1. The highest BCUT2D eigenvalue weighted by Gasteiger charge is 2.20. The molecule has 7 nitrogen and oxygen atoms in total. The molecule has 0 saturated carbocycles. The third-order valence-electron chi connectivity index (χ3n) is 4.16. The summed E-state index contributed by atoms with van der Waals surface area (Å²) < 4.78 is 26.0. The molecule has 2 heterocycles. The monoisotopic (exact) mass is 450 g/mol. The van der Waals surface area contributed by atoms with E-state index in [0.717, 1.165) is 14.9 Å². The standard InChI is InChI=1S/C19H22N4O3S3/c1-22(2)17-6-5-15(29(25,26)23(3)4)10-16(17)21-18(24)9-14-12-28-19(20-14)13-7-8-27-11-13/h5-8,10-12H,9H2,1-4H3,(H,21,24). The first-order chi connectivity index (χ1) is 13.7. The first kappa shape index (κ1) is 21.4. The maximum absolute atomic E-state index is 12.6. The van der Waals surface area contributed by atoms with Crippen LogP contribution in [-0.2, 0) is 21.2 Å². The molecule has 3 rings (SSSR count). The van der Waals surface area contributed by atoms with Crippen LogP contribution in [0.4, 0.5) is 11.4 Å². The van der Waals surface area contributed by atoms with Gasteiger partial charge in [0.15, 0.2) is 0 Å². The third kappa shape index (κ3) is 4.84. The van der Waals surface area contributed by atoms with Gasteiger partial charge in [0.1, 0.15) is 5.01 Å². The summed E-state index contributed by atoms with van der Waals surface area (Å²) in [5.41, 5.74) is 2.88. The Bertz CT molecular complexity index is 1100. The fourth-order valence-corrected chi connectivity index (χ4v) is 5.10. The van der Waals surface area contributed by atoms with Crippen LogP contribution in [-0.4, -0.2) is 51.8 Å². The van der Waals surface area contributed by atoms with Gasteiger partial charge in [-0.05, 0) is 29.6 Å². The number of benzene rings is 1. The number of nitrogens with zero attached hydrogens (tertiary/aromatic N) is 3. The number of sulfonamides is 1. The van der Waals surface area contributed by atoms with Crippen molar-refractivity contribution in [3.05, 3.63) is 46.1 Å². The number of rotatable bonds is 7. The Morgan fingerprint density at radius 2 is 1.90 bits per heavy atom. The number of thiazole rings is 1. The Hall–Kier alpha value is -2.27. The minimum atomic E-state index is -3.60. The highest BCUT2D eigenvalue weighted by atomic mass is 32.2. The lowest BCUT2D eigenvalue weighted by atomic mass is 10.2. The van der Waals surface area contributed by atoms with Crippen molar-refractivity contribution in [3.63, 3.8) is 0 Å². The second-order valence-corrected chi connectivity index (χ2v) is 10.5. The predicted molar refractivity (Wildman–Crippen MR) is 119 cm³/mol. The van der Waals surface area contributed by atoms with E-state index in [2.05, 4.69) is 10.3 Å². The Morgan fingerprint density at radius 3 is 2.52 bits per heavy atom. The van der Waals surface area contributed by atoms with Gasteiger partial charge in [-0.3, -0.25) is 4.79 Å². The zero-order valence-corrected chi connectivity index (χ0v) is 19.0. The average Bonchev–Trinajstić information content (AvgIpc) is 3.32. The Labute approximate surface area is 178 Å². The van der Waals surface area contributed by atoms with Gasteiger partial charge in [0, 0.05) is 44.5 Å². The van der Waals surface area contributed by atoms with E-state index in [9.17, 15) is 13.2 Å². The number of anilines is 2. The van der Waals surface area contributed by atoms with Crippen molar-refractivity contribution >= 4 is 50.0 Å². The van der Waals surface area contributed by atoms with Crippen LogP contribution in [0.25, 0.3) is 10.6 Å². The molecule has 0 radical (unpaired) electrons. The molecule has 0 aliphatic carbocycles. The summed E-state index contributed by atoms with van der Waals surface area (Å²) in [7, 11) is 3.01. The molecule has 0 bridgehead atoms. The van der Waals surface area contributed by atoms with Gasteiger partial charge in [0.05, 0.1) is 28.4 Å². The number of aromatic nitrogens is 1. The van der Waals surface area contributed by atoms with E-state index in [1.54, 1.807) is 17.4 Å². The number of carbonyl (C=O) groups is 1. The lowest BCUT2D eigenvalue weighted by Crippen LogP contribution is -2.23. The molecule has 0 aliphatic heterocycles. The second-order valence-electron chi connectivity index (χ2n) is 6.74. The molecule has 1 amide bonds. The molecule has 0 saturated heterocycles. The quantitative estimate of drug-likeness (QED) is 0.597. The summed E-state index contributed by atoms with van der Waals surface area (Å²) in [4.78, 5) is 19.1. The molecule has 2 aromatic heterocycles. The van der Waals surface area contributed by atoms with E-state index in [0.29, 0.717) is 17.1 Å². The maximum Gasteiger partial charge on any atom is 0.242 e. The highest BCUT2D eigenvalue weighted by Crippen LogP contribution is 2.29. The SMILES string of the molecule is CN(C)c1ccc(S(=O)(=O)N(C)C)cc1NC(=O)Cc1csc(-c2ccsc2)n1. The molecular formula is C19H22N4O3S3. The van der Waals surface area contributed by atoms with Gasteiger partial charge in [0.2, 0.25) is 15.9 Å². The molecule has 1 aromatic carbocycles. The molecule has 0 fully saturated rings. The number of nitrogens with one attached hydrogen (secondary N) is 1. The summed E-state index contributed by atoms with van der Waals surface area (Å²) in [6.45, 7) is 0. The zero-order chi connectivity index (χ0) is 21.2. The predicted octanol–water partition coefficient (Wildman–Crippen LogP) is 3.37. The van der Waals surface area contributed by atoms with E-state index in [1.807, 2.05) is 41.2 Å². The van der Waals surface area contributed by atoms with E-state index in [1.165, 1.54) is 37.6 Å². The van der Waals surface area contributed by atoms with Crippen LogP contribution in [0.3, 0.4) is 0 Å². The van der Waals surface area contributed by atoms with Gasteiger partial charge in [0.25, 0.3) is 0 Å². The topological polar surface area (TPSA) is 82.6 Å². The van der Waals surface area contributed by atoms with Crippen LogP contribution in [0.15, 0.2) is 45.3 Å². The molecule has 0 unspecified atom stereocenters. The summed E-state index contributed by atoms with van der Waals surface area (Å²) in [5, 5.41) is 9.59. The zero-order valence-electron chi connectivity index (χ0n) is 16.5. The van der Waals surface area contributed by atoms with Crippen LogP contribution in [0.1, 0.15) is 5.69 Å². The number of hydrogen-bond donors (Lipinski definition) is 1. The van der Waals surface area contributed by atoms with Gasteiger partial charge in [-0.1, -0.05) is 0 Å². The number of hydrogen-bond acceptors (Lipinski definition) is 7. The van der Waals surface area contributed by atoms with E-state index >= 15 is 0 Å². The van der Waals surface area contributed by atoms with Crippen molar-refractivity contribution in [2.24, 2.45) is 0 Å². The van der Waals surface area contributed by atoms with Gasteiger partial charge >= 0.3 is 0 Å². The second kappa shape index (κ2) is 8.62. The molecule has 3 aromatic rings. The fraction of sp³-hybridized carbons (Fsp3) is 0.263. The summed E-state index contributed by atoms with van der Waals surface area (Å²) in [5.74, 6) is -0.255. The smallest absolute Gasteiger partial charge is 0.242 e. The number of amides is 1. The molecule has 154 valence electrons. The van der Waals surface area contributed by atoms with Crippen molar-refractivity contribution in [1.29, 1.82) is 0 Å². The van der Waals surface area contributed by atoms with Gasteiger partial charge in [-0.2, -0.15) is 11.3 Å². The molecule has 0 spiro atoms. The minimum Gasteiger partial charge on any atom is -0.376 e. The Balaban J connectivity index is 1.82. The molecule has 10 heteroatoms. The van der Waals surface area contributed by atoms with Gasteiger partial charge < -0.3 is 10.2 Å². The van der Waals surface area contributed by atoms with E-state index in [-0.39, 0.29) is 17.2 Å². The van der Waals surface area contributed by atoms with Gasteiger partial charge in [-0.25, -0.2) is 17.7 Å². The first-order valence-electron chi connectivity index (χ1n) is 8.69. The van der Waals surface area contributed by atoms with Crippen molar-refractivity contribution < 1.29 is 13.2 Å². The average molecular weight is 451 g/mol. The van der Waals surface area contributed by atoms with Gasteiger partial charge in [-0.15, -0.1) is 11.3 Å². The van der Waals surface area contributed by atoms with Crippen molar-refractivity contribution in [3.8, 4) is 10.6 Å². The Morgan fingerprint density at radius 1 is 1.14 bits per heavy atom. The molecular weight excluding hydrogens is 428 g/mol. The lowest BCUT2D eigenvalue weighted by Gasteiger charge is -2.20. The summed E-state index contributed by atoms with van der Waals surface area (Å²) >= 11 is 3.09.